The molecule has 114 valence electrons. The first-order valence-corrected chi connectivity index (χ1v) is 6.80. The lowest BCUT2D eigenvalue weighted by Crippen LogP contribution is -1.90. The first-order valence-electron chi connectivity index (χ1n) is 6.80. The summed E-state index contributed by atoms with van der Waals surface area (Å²) in [7, 11) is 0. The van der Waals surface area contributed by atoms with E-state index in [0.29, 0.717) is 22.8 Å². The topological polar surface area (TPSA) is 88.9 Å². The molecule has 0 radical (unpaired) electrons. The highest BCUT2D eigenvalue weighted by Crippen LogP contribution is 2.30. The number of phenolic OH excluding ortho intramolecular Hbond substituents is 1. The third-order valence-electron chi connectivity index (χ3n) is 3.18. The number of rotatable bonds is 4. The number of phenols is 1. The normalized spacial score (nSPS) is 11.0. The minimum Gasteiger partial charge on any atom is -0.508 e. The Morgan fingerprint density at radius 1 is 1.04 bits per heavy atom. The molecule has 0 bridgehead atoms. The summed E-state index contributed by atoms with van der Waals surface area (Å²) in [6, 6.07) is 16.2. The highest BCUT2D eigenvalue weighted by Gasteiger charge is 2.16. The van der Waals surface area contributed by atoms with Crippen LogP contribution in [0.1, 0.15) is 5.76 Å². The van der Waals surface area contributed by atoms with Gasteiger partial charge in [-0.3, -0.25) is 15.1 Å². The Labute approximate surface area is 131 Å². The van der Waals surface area contributed by atoms with Gasteiger partial charge in [0.15, 0.2) is 0 Å². The molecule has 1 aromatic heterocycles. The van der Waals surface area contributed by atoms with E-state index in [1.165, 1.54) is 24.4 Å². The Kier molecular flexibility index (Phi) is 3.88. The van der Waals surface area contributed by atoms with Gasteiger partial charge in [0.2, 0.25) is 0 Å². The lowest BCUT2D eigenvalue weighted by atomic mass is 10.1. The van der Waals surface area contributed by atoms with Gasteiger partial charge in [-0.2, -0.15) is 0 Å². The summed E-state index contributed by atoms with van der Waals surface area (Å²) >= 11 is 0. The summed E-state index contributed by atoms with van der Waals surface area (Å²) in [6.07, 6.45) is 1.52. The fraction of sp³-hybridized carbons (Fsp3) is 0. The van der Waals surface area contributed by atoms with Crippen LogP contribution in [-0.2, 0) is 0 Å². The van der Waals surface area contributed by atoms with Crippen molar-refractivity contribution in [1.29, 1.82) is 0 Å². The monoisotopic (exact) mass is 308 g/mol. The van der Waals surface area contributed by atoms with Crippen LogP contribution in [0.4, 0.5) is 11.4 Å². The summed E-state index contributed by atoms with van der Waals surface area (Å²) < 4.78 is 5.60. The molecule has 0 atom stereocenters. The first-order chi connectivity index (χ1) is 11.1. The van der Waals surface area contributed by atoms with Crippen LogP contribution in [0.15, 0.2) is 70.1 Å². The number of benzene rings is 2. The molecule has 0 aliphatic rings. The van der Waals surface area contributed by atoms with Crippen molar-refractivity contribution in [3.8, 4) is 17.1 Å². The van der Waals surface area contributed by atoms with Crippen molar-refractivity contribution < 1.29 is 14.4 Å². The predicted molar refractivity (Wildman–Crippen MR) is 86.2 cm³/mol. The summed E-state index contributed by atoms with van der Waals surface area (Å²) in [5.41, 5.74) is 1.07. The van der Waals surface area contributed by atoms with Crippen molar-refractivity contribution in [3.63, 3.8) is 0 Å². The molecule has 3 rings (SSSR count). The van der Waals surface area contributed by atoms with E-state index in [1.54, 1.807) is 42.5 Å². The second-order valence-corrected chi connectivity index (χ2v) is 4.75. The molecule has 0 aliphatic carbocycles. The van der Waals surface area contributed by atoms with E-state index >= 15 is 0 Å². The molecule has 0 aliphatic heterocycles. The number of furan rings is 1. The smallest absolute Gasteiger partial charge is 0.280 e. The lowest BCUT2D eigenvalue weighted by molar-refractivity contribution is -0.384. The second-order valence-electron chi connectivity index (χ2n) is 4.75. The minimum atomic E-state index is -0.442. The van der Waals surface area contributed by atoms with Gasteiger partial charge in [-0.1, -0.05) is 12.1 Å². The van der Waals surface area contributed by atoms with E-state index in [-0.39, 0.29) is 11.4 Å². The van der Waals surface area contributed by atoms with Crippen molar-refractivity contribution in [2.75, 3.05) is 0 Å². The van der Waals surface area contributed by atoms with Gasteiger partial charge < -0.3 is 9.52 Å². The molecular formula is C17H12N2O4. The van der Waals surface area contributed by atoms with Crippen molar-refractivity contribution in [2.45, 2.75) is 0 Å². The molecule has 0 unspecified atom stereocenters. The number of nitrogens with zero attached hydrogens (tertiary/aromatic N) is 2. The number of nitro groups is 1. The molecule has 6 nitrogen and oxygen atoms in total. The van der Waals surface area contributed by atoms with Gasteiger partial charge in [0.05, 0.1) is 22.4 Å². The maximum Gasteiger partial charge on any atom is 0.280 e. The second kappa shape index (κ2) is 6.15. The molecule has 1 N–H and O–H groups in total. The summed E-state index contributed by atoms with van der Waals surface area (Å²) in [6.45, 7) is 0. The number of aromatic hydroxyl groups is 1. The van der Waals surface area contributed by atoms with Gasteiger partial charge in [-0.15, -0.1) is 0 Å². The number of hydrogen-bond donors (Lipinski definition) is 1. The van der Waals surface area contributed by atoms with E-state index in [4.69, 9.17) is 4.42 Å². The van der Waals surface area contributed by atoms with Crippen molar-refractivity contribution >= 4 is 17.6 Å². The van der Waals surface area contributed by atoms with Crippen LogP contribution in [0, 0.1) is 10.1 Å². The molecule has 0 fully saturated rings. The Morgan fingerprint density at radius 2 is 1.78 bits per heavy atom. The molecule has 0 saturated carbocycles. The van der Waals surface area contributed by atoms with E-state index in [9.17, 15) is 15.2 Å². The Morgan fingerprint density at radius 3 is 2.52 bits per heavy atom. The highest BCUT2D eigenvalue weighted by atomic mass is 16.6. The lowest BCUT2D eigenvalue weighted by Gasteiger charge is -1.98. The molecule has 1 heterocycles. The van der Waals surface area contributed by atoms with Crippen molar-refractivity contribution in [3.05, 3.63) is 76.5 Å². The van der Waals surface area contributed by atoms with E-state index in [1.807, 2.05) is 0 Å². The van der Waals surface area contributed by atoms with E-state index < -0.39 is 4.92 Å². The molecule has 0 spiro atoms. The first kappa shape index (κ1) is 14.5. The minimum absolute atomic E-state index is 0.0103. The Hall–Kier alpha value is -3.41. The number of aliphatic imine (C=N–C) groups is 1. The summed E-state index contributed by atoms with van der Waals surface area (Å²) in [5.74, 6) is 1.05. The van der Waals surface area contributed by atoms with Gasteiger partial charge in [0.25, 0.3) is 5.69 Å². The summed E-state index contributed by atoms with van der Waals surface area (Å²) in [4.78, 5) is 14.8. The Balaban J connectivity index is 1.86. The van der Waals surface area contributed by atoms with Gasteiger partial charge in [0, 0.05) is 6.07 Å². The van der Waals surface area contributed by atoms with Crippen molar-refractivity contribution in [2.24, 2.45) is 4.99 Å². The van der Waals surface area contributed by atoms with E-state index in [0.717, 1.165) is 0 Å². The van der Waals surface area contributed by atoms with Gasteiger partial charge >= 0.3 is 0 Å². The van der Waals surface area contributed by atoms with Crippen LogP contribution in [0.2, 0.25) is 0 Å². The van der Waals surface area contributed by atoms with Crippen molar-refractivity contribution in [1.82, 2.24) is 0 Å². The molecule has 0 amide bonds. The molecule has 0 saturated heterocycles. The fourth-order valence-electron chi connectivity index (χ4n) is 2.09. The van der Waals surface area contributed by atoms with Crippen LogP contribution in [0.25, 0.3) is 11.3 Å². The maximum absolute atomic E-state index is 11.1. The highest BCUT2D eigenvalue weighted by molar-refractivity contribution is 5.80. The number of hydrogen-bond acceptors (Lipinski definition) is 5. The number of para-hydroxylation sites is 1. The van der Waals surface area contributed by atoms with Gasteiger partial charge in [-0.25, -0.2) is 0 Å². The quantitative estimate of drug-likeness (QED) is 0.442. The van der Waals surface area contributed by atoms with Gasteiger partial charge in [-0.05, 0) is 42.5 Å². The van der Waals surface area contributed by atoms with Crippen LogP contribution in [-0.4, -0.2) is 16.2 Å². The zero-order chi connectivity index (χ0) is 16.2. The number of nitro benzene ring substituents is 1. The zero-order valence-electron chi connectivity index (χ0n) is 11.9. The largest absolute Gasteiger partial charge is 0.508 e. The van der Waals surface area contributed by atoms with Gasteiger partial charge in [0.1, 0.15) is 17.3 Å². The Bertz CT molecular complexity index is 866. The average molecular weight is 308 g/mol. The summed E-state index contributed by atoms with van der Waals surface area (Å²) in [5, 5.41) is 20.3. The third-order valence-corrected chi connectivity index (χ3v) is 3.18. The van der Waals surface area contributed by atoms with Crippen LogP contribution >= 0.6 is 0 Å². The molecule has 6 heteroatoms. The predicted octanol–water partition coefficient (Wildman–Crippen LogP) is 4.31. The van der Waals surface area contributed by atoms with E-state index in [2.05, 4.69) is 4.99 Å². The molecular weight excluding hydrogens is 296 g/mol. The third kappa shape index (κ3) is 3.26. The van der Waals surface area contributed by atoms with Crippen LogP contribution < -0.4 is 0 Å². The fourth-order valence-corrected chi connectivity index (χ4v) is 2.09. The molecule has 23 heavy (non-hydrogen) atoms. The molecule has 3 aromatic rings. The SMILES string of the molecule is O=[N+]([O-])c1ccccc1-c1ccc(C=Nc2ccc(O)cc2)o1. The van der Waals surface area contributed by atoms with Crippen LogP contribution in [0.3, 0.4) is 0 Å². The zero-order valence-corrected chi connectivity index (χ0v) is 11.9. The average Bonchev–Trinajstić information content (AvgIpc) is 3.03. The standard InChI is InChI=1S/C17H12N2O4/c20-13-7-5-12(6-8-13)18-11-14-9-10-17(23-14)15-3-1-2-4-16(15)19(21)22/h1-11,20H. The van der Waals surface area contributed by atoms with Crippen LogP contribution in [0.5, 0.6) is 5.75 Å². The maximum atomic E-state index is 11.1. The molecule has 2 aromatic carbocycles.